The van der Waals surface area contributed by atoms with Crippen molar-refractivity contribution in [3.63, 3.8) is 0 Å². The second-order valence-corrected chi connectivity index (χ2v) is 15.1. The molecule has 54 heavy (non-hydrogen) atoms. The summed E-state index contributed by atoms with van der Waals surface area (Å²) in [6, 6.07) is 13.4. The zero-order chi connectivity index (χ0) is 40.0. The number of rotatable bonds is 15. The average Bonchev–Trinajstić information content (AvgIpc) is 3.80. The summed E-state index contributed by atoms with van der Waals surface area (Å²) in [4.78, 5) is 67.8. The SMILES string of the molecule is CC(C)[C@H](NC(=O)[C@@H](C(C)C)N(C)C(=O)O)c1nc(-c2ccc(-c3ccc(-c4c[nH]c([C@@H](NC(=O)[C@@H](C(C)C)N(C)C(=O)O)C(C)C)n4)cc3)cc2)c[nH]1. The number of carbonyl (C=O) groups excluding carboxylic acids is 2. The Balaban J connectivity index is 1.46. The number of likely N-dealkylation sites (N-methyl/N-ethyl adjacent to an activating group) is 2. The van der Waals surface area contributed by atoms with Crippen LogP contribution in [0.1, 0.15) is 79.1 Å². The zero-order valence-electron chi connectivity index (χ0n) is 32.7. The van der Waals surface area contributed by atoms with Gasteiger partial charge < -0.3 is 30.8 Å². The Bertz CT molecular complexity index is 1760. The van der Waals surface area contributed by atoms with Crippen molar-refractivity contribution in [3.8, 4) is 33.6 Å². The first-order chi connectivity index (χ1) is 25.4. The number of imidazole rings is 2. The number of hydrogen-bond donors (Lipinski definition) is 6. The number of nitrogens with one attached hydrogen (secondary N) is 4. The molecule has 0 bridgehead atoms. The highest BCUT2D eigenvalue weighted by Crippen LogP contribution is 2.29. The Morgan fingerprint density at radius 3 is 1.09 bits per heavy atom. The fourth-order valence-electron chi connectivity index (χ4n) is 6.62. The molecule has 0 saturated heterocycles. The van der Waals surface area contributed by atoms with E-state index in [1.807, 2.05) is 104 Å². The van der Waals surface area contributed by atoms with Gasteiger partial charge in [0.05, 0.1) is 23.5 Å². The Morgan fingerprint density at radius 2 is 0.833 bits per heavy atom. The molecule has 0 aliphatic carbocycles. The molecule has 0 aliphatic rings. The van der Waals surface area contributed by atoms with Crippen molar-refractivity contribution >= 4 is 24.0 Å². The van der Waals surface area contributed by atoms with Crippen LogP contribution in [0.2, 0.25) is 0 Å². The van der Waals surface area contributed by atoms with Crippen molar-refractivity contribution in [3.05, 3.63) is 72.6 Å². The molecule has 6 N–H and O–H groups in total. The molecule has 14 nitrogen and oxygen atoms in total. The van der Waals surface area contributed by atoms with Crippen LogP contribution >= 0.6 is 0 Å². The largest absolute Gasteiger partial charge is 0.465 e. The van der Waals surface area contributed by atoms with E-state index in [1.54, 1.807) is 12.4 Å². The predicted octanol–water partition coefficient (Wildman–Crippen LogP) is 7.03. The number of carbonyl (C=O) groups is 4. The van der Waals surface area contributed by atoms with Crippen molar-refractivity contribution in [2.45, 2.75) is 79.6 Å². The van der Waals surface area contributed by atoms with Crippen LogP contribution < -0.4 is 10.6 Å². The van der Waals surface area contributed by atoms with E-state index in [-0.39, 0.29) is 35.5 Å². The van der Waals surface area contributed by atoms with Gasteiger partial charge in [-0.3, -0.25) is 19.4 Å². The van der Waals surface area contributed by atoms with Gasteiger partial charge in [-0.05, 0) is 34.8 Å². The molecule has 4 rings (SSSR count). The Kier molecular flexibility index (Phi) is 13.3. The van der Waals surface area contributed by atoms with E-state index < -0.39 is 36.4 Å². The van der Waals surface area contributed by atoms with E-state index in [1.165, 1.54) is 14.1 Å². The molecule has 14 heteroatoms. The predicted molar refractivity (Wildman–Crippen MR) is 207 cm³/mol. The van der Waals surface area contributed by atoms with Crippen LogP contribution in [-0.4, -0.2) is 90.1 Å². The van der Waals surface area contributed by atoms with Gasteiger partial charge in [-0.1, -0.05) is 104 Å². The molecule has 2 aromatic heterocycles. The monoisotopic (exact) mass is 742 g/mol. The third-order valence-electron chi connectivity index (χ3n) is 9.65. The first-order valence-corrected chi connectivity index (χ1v) is 18.2. The average molecular weight is 743 g/mol. The van der Waals surface area contributed by atoms with Crippen molar-refractivity contribution in [1.82, 2.24) is 40.4 Å². The third kappa shape index (κ3) is 9.46. The number of H-pyrrole nitrogens is 2. The van der Waals surface area contributed by atoms with E-state index in [4.69, 9.17) is 9.97 Å². The fraction of sp³-hybridized carbons (Fsp3) is 0.450. The maximum Gasteiger partial charge on any atom is 0.407 e. The van der Waals surface area contributed by atoms with E-state index in [2.05, 4.69) is 20.6 Å². The quantitative estimate of drug-likeness (QED) is 0.0746. The normalized spacial score (nSPS) is 13.8. The van der Waals surface area contributed by atoms with Gasteiger partial charge in [-0.15, -0.1) is 0 Å². The van der Waals surface area contributed by atoms with Gasteiger partial charge in [0.15, 0.2) is 0 Å². The summed E-state index contributed by atoms with van der Waals surface area (Å²) in [6.07, 6.45) is 1.27. The van der Waals surface area contributed by atoms with Crippen LogP contribution in [0.4, 0.5) is 9.59 Å². The number of benzene rings is 2. The summed E-state index contributed by atoms with van der Waals surface area (Å²) >= 11 is 0. The molecule has 0 spiro atoms. The number of amides is 4. The lowest BCUT2D eigenvalue weighted by molar-refractivity contribution is -0.128. The van der Waals surface area contributed by atoms with Crippen LogP contribution in [-0.2, 0) is 9.59 Å². The topological polar surface area (TPSA) is 197 Å². The fourth-order valence-corrected chi connectivity index (χ4v) is 6.62. The van der Waals surface area contributed by atoms with Crippen LogP contribution in [0.3, 0.4) is 0 Å². The Labute approximate surface area is 316 Å². The minimum absolute atomic E-state index is 0.0120. The van der Waals surface area contributed by atoms with Gasteiger partial charge in [-0.25, -0.2) is 19.6 Å². The van der Waals surface area contributed by atoms with Crippen LogP contribution in [0.5, 0.6) is 0 Å². The van der Waals surface area contributed by atoms with Gasteiger partial charge in [0.25, 0.3) is 0 Å². The summed E-state index contributed by atoms with van der Waals surface area (Å²) in [5.41, 5.74) is 5.23. The first-order valence-electron chi connectivity index (χ1n) is 18.2. The Hall–Kier alpha value is -5.66. The summed E-state index contributed by atoms with van der Waals surface area (Å²) in [5.74, 6) is -0.0413. The van der Waals surface area contributed by atoms with Crippen molar-refractivity contribution in [1.29, 1.82) is 0 Å². The van der Waals surface area contributed by atoms with Gasteiger partial charge in [-0.2, -0.15) is 0 Å². The van der Waals surface area contributed by atoms with E-state index in [0.29, 0.717) is 23.0 Å². The smallest absolute Gasteiger partial charge is 0.407 e. The first kappa shape index (κ1) is 41.1. The molecule has 4 atom stereocenters. The molecular weight excluding hydrogens is 688 g/mol. The zero-order valence-corrected chi connectivity index (χ0v) is 32.7. The molecule has 0 unspecified atom stereocenters. The highest BCUT2D eigenvalue weighted by atomic mass is 16.4. The lowest BCUT2D eigenvalue weighted by Crippen LogP contribution is -2.51. The van der Waals surface area contributed by atoms with Crippen molar-refractivity contribution < 1.29 is 29.4 Å². The molecule has 4 amide bonds. The number of aromatic nitrogens is 4. The van der Waals surface area contributed by atoms with Crippen molar-refractivity contribution in [2.24, 2.45) is 23.7 Å². The maximum absolute atomic E-state index is 13.2. The number of hydrogen-bond acceptors (Lipinski definition) is 6. The summed E-state index contributed by atoms with van der Waals surface area (Å²) in [7, 11) is 2.80. The number of carboxylic acid groups (broad SMARTS) is 2. The number of aromatic amines is 2. The highest BCUT2D eigenvalue weighted by Gasteiger charge is 2.34. The summed E-state index contributed by atoms with van der Waals surface area (Å²) in [6.45, 7) is 15.1. The standard InChI is InChI=1S/C40H54N8O6/c1-21(2)31(45-37(49)33(23(5)6)47(9)39(51)52)35-41-19-29(43-35)27-15-11-25(12-16-27)26-13-17-28(18-14-26)30-20-42-36(44-30)32(22(3)4)46-38(50)34(24(7)8)48(10)40(53)54/h11-24,31-34H,1-10H3,(H,41,43)(H,42,44)(H,45,49)(H,46,50)(H,51,52)(H,53,54)/t31-,32-,33+,34+/m0/s1. The van der Waals surface area contributed by atoms with Gasteiger partial charge in [0.1, 0.15) is 23.7 Å². The minimum Gasteiger partial charge on any atom is -0.465 e. The molecule has 0 fully saturated rings. The maximum atomic E-state index is 13.2. The van der Waals surface area contributed by atoms with Crippen LogP contribution in [0.15, 0.2) is 60.9 Å². The summed E-state index contributed by atoms with van der Waals surface area (Å²) < 4.78 is 0. The third-order valence-corrected chi connectivity index (χ3v) is 9.65. The molecule has 2 aromatic carbocycles. The molecule has 0 saturated carbocycles. The number of nitrogens with zero attached hydrogens (tertiary/aromatic N) is 4. The van der Waals surface area contributed by atoms with Gasteiger partial charge >= 0.3 is 12.2 Å². The van der Waals surface area contributed by atoms with E-state index in [0.717, 1.165) is 32.1 Å². The molecular formula is C40H54N8O6. The lowest BCUT2D eigenvalue weighted by atomic mass is 9.99. The second-order valence-electron chi connectivity index (χ2n) is 15.1. The van der Waals surface area contributed by atoms with E-state index >= 15 is 0 Å². The summed E-state index contributed by atoms with van der Waals surface area (Å²) in [5, 5.41) is 25.0. The molecule has 0 aliphatic heterocycles. The van der Waals surface area contributed by atoms with Gasteiger partial charge in [0, 0.05) is 37.6 Å². The molecule has 2 heterocycles. The molecule has 290 valence electrons. The second kappa shape index (κ2) is 17.4. The Morgan fingerprint density at radius 1 is 0.537 bits per heavy atom. The highest BCUT2D eigenvalue weighted by molar-refractivity contribution is 5.86. The van der Waals surface area contributed by atoms with Crippen molar-refractivity contribution in [2.75, 3.05) is 14.1 Å². The van der Waals surface area contributed by atoms with Crippen LogP contribution in [0.25, 0.3) is 33.6 Å². The lowest BCUT2D eigenvalue weighted by Gasteiger charge is -2.30. The minimum atomic E-state index is -1.17. The molecule has 0 radical (unpaired) electrons. The molecule has 4 aromatic rings. The van der Waals surface area contributed by atoms with Crippen LogP contribution in [0, 0.1) is 23.7 Å². The van der Waals surface area contributed by atoms with E-state index in [9.17, 15) is 29.4 Å². The van der Waals surface area contributed by atoms with Gasteiger partial charge in [0.2, 0.25) is 11.8 Å².